The molecule has 2 radical (unpaired) electrons. The second-order valence-corrected chi connectivity index (χ2v) is 9.99. The molecule has 154 valence electrons. The fraction of sp³-hybridized carbons (Fsp3) is 0.682. The Bertz CT molecular complexity index is 793. The van der Waals surface area contributed by atoms with Gasteiger partial charge in [-0.1, -0.05) is 67.0 Å². The van der Waals surface area contributed by atoms with Crippen molar-refractivity contribution in [2.45, 2.75) is 70.5 Å². The molecule has 0 aromatic heterocycles. The van der Waals surface area contributed by atoms with Gasteiger partial charge in [-0.05, 0) is 64.0 Å². The van der Waals surface area contributed by atoms with Crippen LogP contribution in [-0.4, -0.2) is 34.8 Å². The number of allylic oxidation sites excluding steroid dienone is 4. The molecule has 0 spiro atoms. The van der Waals surface area contributed by atoms with Crippen molar-refractivity contribution in [3.8, 4) is 0 Å². The van der Waals surface area contributed by atoms with Crippen LogP contribution in [0.25, 0.3) is 0 Å². The predicted molar refractivity (Wildman–Crippen MR) is 125 cm³/mol. The van der Waals surface area contributed by atoms with Gasteiger partial charge in [-0.2, -0.15) is 0 Å². The van der Waals surface area contributed by atoms with Crippen molar-refractivity contribution in [2.24, 2.45) is 23.2 Å². The first-order valence-electron chi connectivity index (χ1n) is 11.8. The van der Waals surface area contributed by atoms with Gasteiger partial charge < -0.3 is 13.2 Å². The zero-order valence-electron chi connectivity index (χ0n) is 19.3. The molecule has 3 nitrogen and oxygen atoms in total. The highest BCUT2D eigenvalue weighted by Crippen LogP contribution is 2.63. The van der Waals surface area contributed by atoms with Gasteiger partial charge in [0.1, 0.15) is 11.9 Å². The van der Waals surface area contributed by atoms with E-state index in [0.717, 1.165) is 68.6 Å². The van der Waals surface area contributed by atoms with Crippen molar-refractivity contribution >= 4 is 44.3 Å². The normalized spacial score (nSPS) is 40.1. The summed E-state index contributed by atoms with van der Waals surface area (Å²) in [7, 11) is 2.51. The third kappa shape index (κ3) is 3.54. The average Bonchev–Trinajstić information content (AvgIpc) is 3.13. The number of aldehydes is 1. The van der Waals surface area contributed by atoms with Gasteiger partial charge in [0.15, 0.2) is 0 Å². The summed E-state index contributed by atoms with van der Waals surface area (Å²) < 4.78 is 27.0. The maximum absolute atomic E-state index is 11.1. The summed E-state index contributed by atoms with van der Waals surface area (Å²) in [5.74, 6) is 1.08. The van der Waals surface area contributed by atoms with Gasteiger partial charge in [-0.25, -0.2) is 0 Å². The van der Waals surface area contributed by atoms with Crippen molar-refractivity contribution in [1.29, 1.82) is 2.67 Å². The number of hydrogen-bond donors (Lipinski definition) is 0. The zero-order chi connectivity index (χ0) is 22.1. The third-order valence-electron chi connectivity index (χ3n) is 8.00. The van der Waals surface area contributed by atoms with Crippen LogP contribution in [0.15, 0.2) is 34.9 Å². The predicted octanol–water partition coefficient (Wildman–Crippen LogP) is 4.69. The van der Waals surface area contributed by atoms with E-state index in [9.17, 15) is 4.79 Å². The summed E-state index contributed by atoms with van der Waals surface area (Å²) in [6.07, 6.45) is 14.5. The van der Waals surface area contributed by atoms with Crippen molar-refractivity contribution < 1.29 is 13.2 Å². The molecule has 29 heavy (non-hydrogen) atoms. The molecule has 4 rings (SSSR count). The van der Waals surface area contributed by atoms with E-state index >= 15 is 0 Å². The molecule has 0 bridgehead atoms. The molecule has 0 N–H and O–H groups in total. The quantitative estimate of drug-likeness (QED) is 0.229. The second-order valence-electron chi connectivity index (χ2n) is 9.24. The van der Waals surface area contributed by atoms with Gasteiger partial charge in [-0.3, -0.25) is 0 Å². The number of rotatable bonds is 9. The standard InChI is InChI=1S/C22H30B2O3S2/c1-14(9-12-25)18-5-6-19-17-4-3-15-13-16(26-28-23)7-11-22(15,27-29-24)20(17)8-10-21(18,19)2/h3-5,12,14,16,19-20,23-24H,6-11,13H2,1-2H3/t14?,16-,19?,20?,21+,22-/m0/s1/i23T,24T. The summed E-state index contributed by atoms with van der Waals surface area (Å²) in [5.41, 5.74) is 3.96. The van der Waals surface area contributed by atoms with Crippen LogP contribution in [0.1, 0.15) is 58.8 Å². The van der Waals surface area contributed by atoms with Crippen LogP contribution >= 0.6 is 23.8 Å². The Balaban J connectivity index is 1.63. The maximum Gasteiger partial charge on any atom is 0.209 e. The van der Waals surface area contributed by atoms with Crippen LogP contribution < -0.4 is 0 Å². The summed E-state index contributed by atoms with van der Waals surface area (Å²) in [4.78, 5) is 11.1. The molecule has 0 amide bonds. The van der Waals surface area contributed by atoms with Gasteiger partial charge in [0.25, 0.3) is 0 Å². The smallest absolute Gasteiger partial charge is 0.209 e. The molecule has 0 aromatic rings. The largest absolute Gasteiger partial charge is 0.325 e. The Hall–Kier alpha value is -0.360. The van der Waals surface area contributed by atoms with Gasteiger partial charge >= 0.3 is 0 Å². The lowest BCUT2D eigenvalue weighted by Crippen LogP contribution is -2.52. The molecule has 0 aliphatic heterocycles. The highest BCUT2D eigenvalue weighted by molar-refractivity contribution is 8.16. The molecule has 2 saturated carbocycles. The molecule has 0 saturated heterocycles. The Morgan fingerprint density at radius 1 is 1.31 bits per heavy atom. The van der Waals surface area contributed by atoms with E-state index in [1.165, 1.54) is 30.9 Å². The minimum atomic E-state index is -0.375. The fourth-order valence-electron chi connectivity index (χ4n) is 6.65. The highest BCUT2D eigenvalue weighted by atomic mass is 32.2. The van der Waals surface area contributed by atoms with Gasteiger partial charge in [0.2, 0.25) is 14.2 Å². The summed E-state index contributed by atoms with van der Waals surface area (Å²) in [5, 5.41) is 0. The molecule has 0 aromatic carbocycles. The maximum atomic E-state index is 11.1. The van der Waals surface area contributed by atoms with Crippen molar-refractivity contribution in [3.05, 3.63) is 34.9 Å². The molecule has 7 heteroatoms. The molecule has 4 aliphatic carbocycles. The number of hydrogen-bond acceptors (Lipinski definition) is 5. The van der Waals surface area contributed by atoms with Crippen LogP contribution in [0, 0.1) is 23.2 Å². The lowest BCUT2D eigenvalue weighted by molar-refractivity contribution is -0.108. The van der Waals surface area contributed by atoms with E-state index in [1.54, 1.807) is 0 Å². The van der Waals surface area contributed by atoms with E-state index in [4.69, 9.17) is 11.0 Å². The van der Waals surface area contributed by atoms with Crippen LogP contribution in [0.5, 0.6) is 0 Å². The number of fused-ring (bicyclic) bond motifs is 5. The molecular formula is C22H30B2O3S2. The Morgan fingerprint density at radius 2 is 2.17 bits per heavy atom. The summed E-state index contributed by atoms with van der Waals surface area (Å²) in [6, 6.07) is 0. The van der Waals surface area contributed by atoms with E-state index in [2.05, 4.69) is 32.1 Å². The van der Waals surface area contributed by atoms with E-state index in [1.807, 2.05) is 0 Å². The van der Waals surface area contributed by atoms with Crippen LogP contribution in [0.3, 0.4) is 0 Å². The second kappa shape index (κ2) is 8.64. The minimum Gasteiger partial charge on any atom is -0.325 e. The van der Waals surface area contributed by atoms with Crippen LogP contribution in [-0.2, 0) is 13.2 Å². The Morgan fingerprint density at radius 3 is 2.97 bits per heavy atom. The molecule has 4 aliphatic rings. The van der Waals surface area contributed by atoms with Gasteiger partial charge in [-0.15, -0.1) is 0 Å². The lowest BCUT2D eigenvalue weighted by Gasteiger charge is -2.55. The van der Waals surface area contributed by atoms with Gasteiger partial charge in [0.05, 0.1) is 6.10 Å². The molecule has 2 fully saturated rings. The van der Waals surface area contributed by atoms with Crippen molar-refractivity contribution in [1.82, 2.24) is 0 Å². The lowest BCUT2D eigenvalue weighted by atomic mass is 9.53. The topological polar surface area (TPSA) is 35.5 Å². The molecule has 0 heterocycles. The summed E-state index contributed by atoms with van der Waals surface area (Å²) >= 11 is 2.24. The number of carbonyl (C=O) groups excluding carboxylic acids is 1. The fourth-order valence-corrected chi connectivity index (χ4v) is 7.45. The molecule has 6 atom stereocenters. The van der Waals surface area contributed by atoms with E-state index < -0.39 is 0 Å². The van der Waals surface area contributed by atoms with Crippen LogP contribution in [0.4, 0.5) is 0 Å². The highest BCUT2D eigenvalue weighted by Gasteiger charge is 2.57. The molecule has 3 unspecified atom stereocenters. The van der Waals surface area contributed by atoms with Crippen molar-refractivity contribution in [3.63, 3.8) is 0 Å². The van der Waals surface area contributed by atoms with Crippen LogP contribution in [0.2, 0.25) is 0 Å². The first-order chi connectivity index (χ1) is 15.0. The zero-order valence-corrected chi connectivity index (χ0v) is 18.9. The van der Waals surface area contributed by atoms with E-state index in [0.29, 0.717) is 24.2 Å². The monoisotopic (exact) mass is 432 g/mol. The first kappa shape index (κ1) is 19.3. The first-order valence-corrected chi connectivity index (χ1v) is 12.2. The Labute approximate surface area is 188 Å². The van der Waals surface area contributed by atoms with Crippen molar-refractivity contribution in [2.75, 3.05) is 0 Å². The minimum absolute atomic E-state index is 0.0901. The third-order valence-corrected chi connectivity index (χ3v) is 8.77. The van der Waals surface area contributed by atoms with Gasteiger partial charge in [0, 0.05) is 12.3 Å². The SMILES string of the molecule is [3H][B]SO[C@H]1CC[C@]2(OS[B][3H])C(=CC=C3C2CC[C@]2(C)C(C(C)CC=O)=CCC32)C1. The summed E-state index contributed by atoms with van der Waals surface area (Å²) in [6.45, 7) is 4.58. The molecular weight excluding hydrogens is 398 g/mol. The van der Waals surface area contributed by atoms with E-state index in [-0.39, 0.29) is 17.1 Å². The number of carbonyl (C=O) groups is 1. The Kier molecular flexibility index (Phi) is 5.76. The average molecular weight is 432 g/mol.